The number of hydrogen-bond donors (Lipinski definition) is 2. The minimum absolute atomic E-state index is 0.0742. The van der Waals surface area contributed by atoms with Crippen LogP contribution in [-0.4, -0.2) is 142 Å². The Morgan fingerprint density at radius 1 is 0.941 bits per heavy atom. The first-order chi connectivity index (χ1) is 24.8. The van der Waals surface area contributed by atoms with Crippen molar-refractivity contribution in [1.29, 1.82) is 0 Å². The van der Waals surface area contributed by atoms with Crippen LogP contribution in [0.1, 0.15) is 16.8 Å². The molecule has 4 aliphatic rings. The number of carbonyl (C=O) groups is 3. The molecule has 51 heavy (non-hydrogen) atoms. The van der Waals surface area contributed by atoms with Crippen LogP contribution in [0.3, 0.4) is 0 Å². The fourth-order valence-corrected chi connectivity index (χ4v) is 7.54. The van der Waals surface area contributed by atoms with Crippen LogP contribution in [0.25, 0.3) is 0 Å². The van der Waals surface area contributed by atoms with Gasteiger partial charge in [0.05, 0.1) is 25.3 Å². The minimum Gasteiger partial charge on any atom is -0.508 e. The molecule has 0 saturated carbocycles. The van der Waals surface area contributed by atoms with Crippen LogP contribution < -0.4 is 10.2 Å². The smallest absolute Gasteiger partial charge is 0.334 e. The summed E-state index contributed by atoms with van der Waals surface area (Å²) < 4.78 is 0. The van der Waals surface area contributed by atoms with Crippen molar-refractivity contribution in [3.63, 3.8) is 0 Å². The zero-order valence-corrected chi connectivity index (χ0v) is 29.2. The Labute approximate surface area is 299 Å². The number of hydrazine groups is 1. The molecule has 13 heteroatoms. The van der Waals surface area contributed by atoms with E-state index in [2.05, 4.69) is 33.6 Å². The highest BCUT2D eigenvalue weighted by Gasteiger charge is 2.51. The molecule has 2 N–H and O–H groups in total. The van der Waals surface area contributed by atoms with Crippen molar-refractivity contribution < 1.29 is 19.5 Å². The second kappa shape index (κ2) is 15.1. The van der Waals surface area contributed by atoms with E-state index in [9.17, 15) is 19.5 Å². The summed E-state index contributed by atoms with van der Waals surface area (Å²) in [5, 5.41) is 16.2. The van der Waals surface area contributed by atoms with Crippen molar-refractivity contribution in [2.75, 3.05) is 70.9 Å². The van der Waals surface area contributed by atoms with Gasteiger partial charge in [-0.05, 0) is 42.4 Å². The summed E-state index contributed by atoms with van der Waals surface area (Å²) in [6.07, 6.45) is 1.14. The average molecular weight is 694 g/mol. The van der Waals surface area contributed by atoms with Crippen molar-refractivity contribution in [3.05, 3.63) is 102 Å². The number of urea groups is 1. The molecule has 4 amide bonds. The number of likely N-dealkylation sites (N-methyl/N-ethyl adjacent to an activating group) is 1. The molecule has 2 aromatic carbocycles. The van der Waals surface area contributed by atoms with Gasteiger partial charge in [-0.1, -0.05) is 54.6 Å². The Kier molecular flexibility index (Phi) is 10.2. The number of carbonyl (C=O) groups excluding carboxylic acids is 3. The third kappa shape index (κ3) is 7.55. The molecular weight excluding hydrogens is 646 g/mol. The molecule has 2 atom stereocenters. The van der Waals surface area contributed by atoms with E-state index in [4.69, 9.17) is 4.98 Å². The third-order valence-electron chi connectivity index (χ3n) is 10.4. The third-order valence-corrected chi connectivity index (χ3v) is 10.4. The minimum atomic E-state index is -0.862. The number of nitrogens with zero attached hydrogens (tertiary/aromatic N) is 8. The fourth-order valence-electron chi connectivity index (χ4n) is 7.54. The lowest BCUT2D eigenvalue weighted by atomic mass is 9.98. The second-order valence-corrected chi connectivity index (χ2v) is 13.9. The number of anilines is 1. The zero-order chi connectivity index (χ0) is 35.5. The van der Waals surface area contributed by atoms with Gasteiger partial charge in [0, 0.05) is 64.8 Å². The first-order valence-electron chi connectivity index (χ1n) is 17.8. The van der Waals surface area contributed by atoms with Gasteiger partial charge >= 0.3 is 6.03 Å². The molecule has 3 aromatic rings. The van der Waals surface area contributed by atoms with E-state index in [0.717, 1.165) is 61.9 Å². The number of pyridine rings is 1. The molecule has 0 aliphatic carbocycles. The Hall–Kier alpha value is -4.98. The van der Waals surface area contributed by atoms with Crippen LogP contribution in [0.4, 0.5) is 10.6 Å². The van der Waals surface area contributed by atoms with E-state index in [1.165, 1.54) is 0 Å². The second-order valence-electron chi connectivity index (χ2n) is 13.9. The topological polar surface area (TPSA) is 119 Å². The number of fused-ring (bicyclic) bond motifs is 1. The Morgan fingerprint density at radius 3 is 2.41 bits per heavy atom. The van der Waals surface area contributed by atoms with E-state index in [0.29, 0.717) is 12.6 Å². The molecule has 4 fully saturated rings. The quantitative estimate of drug-likeness (QED) is 0.308. The lowest BCUT2D eigenvalue weighted by Gasteiger charge is -2.55. The number of piperazine rings is 2. The molecule has 0 bridgehead atoms. The molecular formula is C38H47N9O4. The average Bonchev–Trinajstić information content (AvgIpc) is 3.11. The number of phenolic OH excluding ortho intramolecular Hbond substituents is 1. The summed E-state index contributed by atoms with van der Waals surface area (Å²) in [4.78, 5) is 57.9. The van der Waals surface area contributed by atoms with Crippen LogP contribution in [0.5, 0.6) is 5.75 Å². The number of phenols is 1. The fraction of sp³-hybridized carbons (Fsp3) is 0.421. The zero-order valence-electron chi connectivity index (χ0n) is 29.2. The van der Waals surface area contributed by atoms with Gasteiger partial charge < -0.3 is 30.0 Å². The van der Waals surface area contributed by atoms with Gasteiger partial charge in [-0.15, -0.1) is 6.58 Å². The van der Waals surface area contributed by atoms with E-state index >= 15 is 0 Å². The van der Waals surface area contributed by atoms with Gasteiger partial charge in [0.25, 0.3) is 0 Å². The van der Waals surface area contributed by atoms with Crippen molar-refractivity contribution in [2.45, 2.75) is 37.8 Å². The normalized spacial score (nSPS) is 22.1. The highest BCUT2D eigenvalue weighted by molar-refractivity contribution is 5.91. The summed E-state index contributed by atoms with van der Waals surface area (Å²) in [7, 11) is 2.17. The number of nitrogens with one attached hydrogen (secondary N) is 1. The Bertz CT molecular complexity index is 1710. The summed E-state index contributed by atoms with van der Waals surface area (Å²) in [6.45, 7) is 10.9. The summed E-state index contributed by atoms with van der Waals surface area (Å²) in [5.41, 5.74) is 2.48. The number of hydrogen-bond acceptors (Lipinski definition) is 9. The number of rotatable bonds is 10. The first kappa shape index (κ1) is 34.5. The number of aromatic nitrogens is 1. The molecule has 0 radical (unpaired) electrons. The van der Waals surface area contributed by atoms with Gasteiger partial charge in [-0.25, -0.2) is 19.8 Å². The lowest BCUT2D eigenvalue weighted by Crippen LogP contribution is -2.76. The Balaban J connectivity index is 1.13. The summed E-state index contributed by atoms with van der Waals surface area (Å²) in [6, 6.07) is 21.5. The van der Waals surface area contributed by atoms with Gasteiger partial charge in [-0.3, -0.25) is 14.5 Å². The highest BCUT2D eigenvalue weighted by atomic mass is 16.3. The van der Waals surface area contributed by atoms with Crippen LogP contribution in [0.2, 0.25) is 0 Å². The van der Waals surface area contributed by atoms with Crippen LogP contribution in [-0.2, 0) is 29.1 Å². The van der Waals surface area contributed by atoms with Gasteiger partial charge in [0.2, 0.25) is 11.8 Å². The molecule has 13 nitrogen and oxygen atoms in total. The van der Waals surface area contributed by atoms with E-state index < -0.39 is 12.2 Å². The molecule has 7 rings (SSSR count). The van der Waals surface area contributed by atoms with E-state index in [1.54, 1.807) is 50.2 Å². The maximum atomic E-state index is 14.4. The molecule has 1 aromatic heterocycles. The standard InChI is InChI=1S/C38H47N9O4/c1-3-16-45-27-36(49)46-33(21-28-12-14-32(48)15-13-28)37(50)44(26-35(46)47(45)38(51)39-22-29-8-5-4-6-9-29)23-30-10-7-11-34(40-30)43-24-31(25-43)42-19-17-41(2)18-20-42/h3-15,31,33,35,48H,1,16-27H2,2H3,(H,39,51)/t33-,35-/m0/s1. The first-order valence-corrected chi connectivity index (χ1v) is 17.8. The van der Waals surface area contributed by atoms with Crippen molar-refractivity contribution in [2.24, 2.45) is 0 Å². The summed E-state index contributed by atoms with van der Waals surface area (Å²) in [5.74, 6) is 0.558. The van der Waals surface area contributed by atoms with Gasteiger partial charge in [-0.2, -0.15) is 0 Å². The maximum absolute atomic E-state index is 14.4. The van der Waals surface area contributed by atoms with Crippen LogP contribution in [0.15, 0.2) is 85.5 Å². The molecule has 4 saturated heterocycles. The molecule has 0 spiro atoms. The molecule has 5 heterocycles. The molecule has 0 unspecified atom stereocenters. The SMILES string of the molecule is C=CCN1CC(=O)N2[C@@H](Cc3ccc(O)cc3)C(=O)N(Cc3cccc(N4CC(N5CCN(C)CC5)C4)n3)C[C@@H]2N1C(=O)NCc1ccccc1. The maximum Gasteiger partial charge on any atom is 0.334 e. The van der Waals surface area contributed by atoms with Gasteiger partial charge in [0.15, 0.2) is 0 Å². The van der Waals surface area contributed by atoms with Gasteiger partial charge in [0.1, 0.15) is 23.8 Å². The number of benzene rings is 2. The van der Waals surface area contributed by atoms with Crippen LogP contribution >= 0.6 is 0 Å². The molecule has 268 valence electrons. The van der Waals surface area contributed by atoms with Crippen molar-refractivity contribution in [1.82, 2.24) is 39.9 Å². The van der Waals surface area contributed by atoms with E-state index in [-0.39, 0.29) is 56.2 Å². The number of amides is 4. The largest absolute Gasteiger partial charge is 0.508 e. The summed E-state index contributed by atoms with van der Waals surface area (Å²) >= 11 is 0. The monoisotopic (exact) mass is 693 g/mol. The number of aromatic hydroxyl groups is 1. The van der Waals surface area contributed by atoms with Crippen LogP contribution in [0, 0.1) is 0 Å². The predicted octanol–water partition coefficient (Wildman–Crippen LogP) is 1.96. The van der Waals surface area contributed by atoms with E-state index in [1.807, 2.05) is 48.5 Å². The Morgan fingerprint density at radius 2 is 1.69 bits per heavy atom. The highest BCUT2D eigenvalue weighted by Crippen LogP contribution is 2.30. The van der Waals surface area contributed by atoms with Crippen molar-refractivity contribution in [3.8, 4) is 5.75 Å². The predicted molar refractivity (Wildman–Crippen MR) is 193 cm³/mol. The molecule has 4 aliphatic heterocycles. The lowest BCUT2D eigenvalue weighted by molar-refractivity contribution is -0.189. The van der Waals surface area contributed by atoms with Crippen molar-refractivity contribution >= 4 is 23.7 Å².